The summed E-state index contributed by atoms with van der Waals surface area (Å²) in [6.07, 6.45) is 0. The molecule has 4 nitrogen and oxygen atoms in total. The molecule has 0 atom stereocenters. The van der Waals surface area contributed by atoms with E-state index in [0.29, 0.717) is 16.7 Å². The number of fused-ring (bicyclic) bond motifs is 3. The minimum absolute atomic E-state index is 0.352. The van der Waals surface area contributed by atoms with Crippen LogP contribution in [-0.4, -0.2) is 14.2 Å². The molecular weight excluding hydrogens is 242 g/mol. The molecule has 0 bridgehead atoms. The zero-order chi connectivity index (χ0) is 13.4. The molecule has 0 amide bonds. The molecule has 0 aliphatic rings. The van der Waals surface area contributed by atoms with E-state index >= 15 is 0 Å². The van der Waals surface area contributed by atoms with Crippen LogP contribution in [-0.2, 0) is 0 Å². The Morgan fingerprint density at radius 3 is 2.58 bits per heavy atom. The van der Waals surface area contributed by atoms with Crippen molar-refractivity contribution in [1.29, 1.82) is 0 Å². The van der Waals surface area contributed by atoms with Crippen molar-refractivity contribution in [1.82, 2.24) is 0 Å². The number of rotatable bonds is 2. The van der Waals surface area contributed by atoms with E-state index in [0.717, 1.165) is 16.5 Å². The van der Waals surface area contributed by atoms with Crippen LogP contribution >= 0.6 is 0 Å². The monoisotopic (exact) mass is 255 g/mol. The summed E-state index contributed by atoms with van der Waals surface area (Å²) in [5.41, 5.74) is 1.13. The van der Waals surface area contributed by atoms with Gasteiger partial charge in [-0.05, 0) is 30.3 Å². The van der Waals surface area contributed by atoms with Gasteiger partial charge in [0.2, 0.25) is 0 Å². The fraction of sp³-hybridized carbons (Fsp3) is 0.133. The van der Waals surface area contributed by atoms with Crippen LogP contribution in [0.1, 0.15) is 0 Å². The summed E-state index contributed by atoms with van der Waals surface area (Å²) in [6.45, 7) is 0. The average molecular weight is 255 g/mol. The first-order valence-electron chi connectivity index (χ1n) is 5.95. The van der Waals surface area contributed by atoms with Crippen molar-refractivity contribution >= 4 is 27.4 Å². The molecular formula is C15H13NO3. The Morgan fingerprint density at radius 2 is 1.84 bits per heavy atom. The Labute approximate surface area is 109 Å². The molecule has 96 valence electrons. The van der Waals surface area contributed by atoms with Gasteiger partial charge < -0.3 is 14.5 Å². The summed E-state index contributed by atoms with van der Waals surface area (Å²) in [5, 5.41) is 5.34. The number of anilines is 1. The minimum Gasteiger partial charge on any atom is -0.497 e. The van der Waals surface area contributed by atoms with Crippen LogP contribution < -0.4 is 15.7 Å². The molecule has 0 aliphatic heterocycles. The number of hydrogen-bond donors (Lipinski definition) is 1. The smallest absolute Gasteiger partial charge is 0.344 e. The fourth-order valence-electron chi connectivity index (χ4n) is 2.19. The summed E-state index contributed by atoms with van der Waals surface area (Å²) >= 11 is 0. The van der Waals surface area contributed by atoms with Gasteiger partial charge >= 0.3 is 5.63 Å². The average Bonchev–Trinajstić information content (AvgIpc) is 2.46. The van der Waals surface area contributed by atoms with Gasteiger partial charge in [0, 0.05) is 29.6 Å². The lowest BCUT2D eigenvalue weighted by Gasteiger charge is -2.06. The van der Waals surface area contributed by atoms with E-state index in [9.17, 15) is 4.79 Å². The molecule has 1 N–H and O–H groups in total. The number of benzene rings is 2. The lowest BCUT2D eigenvalue weighted by molar-refractivity contribution is 0.415. The van der Waals surface area contributed by atoms with Crippen molar-refractivity contribution in [2.45, 2.75) is 0 Å². The van der Waals surface area contributed by atoms with Crippen LogP contribution in [0, 0.1) is 0 Å². The van der Waals surface area contributed by atoms with Gasteiger partial charge in [-0.1, -0.05) is 0 Å². The molecule has 0 aliphatic carbocycles. The molecule has 0 spiro atoms. The van der Waals surface area contributed by atoms with Crippen molar-refractivity contribution in [3.05, 3.63) is 46.8 Å². The van der Waals surface area contributed by atoms with Crippen molar-refractivity contribution in [3.8, 4) is 5.75 Å². The van der Waals surface area contributed by atoms with E-state index in [4.69, 9.17) is 9.15 Å². The molecule has 1 aromatic heterocycles. The Hall–Kier alpha value is -2.49. The molecule has 0 saturated heterocycles. The fourth-order valence-corrected chi connectivity index (χ4v) is 2.19. The number of nitrogens with one attached hydrogen (secondary N) is 1. The third kappa shape index (κ3) is 1.81. The molecule has 0 fully saturated rings. The maximum absolute atomic E-state index is 12.0. The van der Waals surface area contributed by atoms with Gasteiger partial charge in [-0.25, -0.2) is 4.79 Å². The number of ether oxygens (including phenoxy) is 1. The van der Waals surface area contributed by atoms with Crippen LogP contribution in [0.15, 0.2) is 45.6 Å². The van der Waals surface area contributed by atoms with Crippen LogP contribution in [0.25, 0.3) is 21.7 Å². The van der Waals surface area contributed by atoms with Gasteiger partial charge in [0.05, 0.1) is 12.5 Å². The van der Waals surface area contributed by atoms with Gasteiger partial charge in [-0.2, -0.15) is 0 Å². The quantitative estimate of drug-likeness (QED) is 0.565. The van der Waals surface area contributed by atoms with E-state index in [-0.39, 0.29) is 5.63 Å². The zero-order valence-corrected chi connectivity index (χ0v) is 10.7. The van der Waals surface area contributed by atoms with Crippen molar-refractivity contribution in [3.63, 3.8) is 0 Å². The van der Waals surface area contributed by atoms with Crippen molar-refractivity contribution in [2.75, 3.05) is 19.5 Å². The lowest BCUT2D eigenvalue weighted by atomic mass is 10.1. The van der Waals surface area contributed by atoms with E-state index in [1.807, 2.05) is 37.4 Å². The van der Waals surface area contributed by atoms with Crippen LogP contribution in [0.3, 0.4) is 0 Å². The second-order valence-corrected chi connectivity index (χ2v) is 4.26. The number of methoxy groups -OCH3 is 1. The summed E-state index contributed by atoms with van der Waals surface area (Å²) < 4.78 is 10.5. The maximum atomic E-state index is 12.0. The predicted molar refractivity (Wildman–Crippen MR) is 76.1 cm³/mol. The topological polar surface area (TPSA) is 51.5 Å². The minimum atomic E-state index is -0.352. The van der Waals surface area contributed by atoms with E-state index in [1.165, 1.54) is 0 Å². The molecule has 3 aromatic rings. The Kier molecular flexibility index (Phi) is 2.63. The largest absolute Gasteiger partial charge is 0.497 e. The Morgan fingerprint density at radius 1 is 1.05 bits per heavy atom. The highest BCUT2D eigenvalue weighted by Gasteiger charge is 2.08. The third-order valence-electron chi connectivity index (χ3n) is 3.21. The van der Waals surface area contributed by atoms with Crippen molar-refractivity contribution < 1.29 is 9.15 Å². The molecule has 0 saturated carbocycles. The molecule has 2 aromatic carbocycles. The van der Waals surface area contributed by atoms with Crippen molar-refractivity contribution in [2.24, 2.45) is 0 Å². The Balaban J connectivity index is 2.43. The first-order chi connectivity index (χ1) is 9.22. The first kappa shape index (κ1) is 11.6. The van der Waals surface area contributed by atoms with Crippen LogP contribution in [0.4, 0.5) is 5.69 Å². The Bertz CT molecular complexity index is 821. The van der Waals surface area contributed by atoms with Gasteiger partial charge in [0.1, 0.15) is 11.3 Å². The highest BCUT2D eigenvalue weighted by atomic mass is 16.5. The summed E-state index contributed by atoms with van der Waals surface area (Å²) in [6, 6.07) is 11.1. The zero-order valence-electron chi connectivity index (χ0n) is 10.7. The molecule has 19 heavy (non-hydrogen) atoms. The SMILES string of the molecule is CNc1ccc2c(c1)oc(=O)c1cc(OC)ccc12. The number of hydrogen-bond acceptors (Lipinski definition) is 4. The normalized spacial score (nSPS) is 10.8. The third-order valence-corrected chi connectivity index (χ3v) is 3.21. The van der Waals surface area contributed by atoms with E-state index in [2.05, 4.69) is 5.32 Å². The first-order valence-corrected chi connectivity index (χ1v) is 5.95. The van der Waals surface area contributed by atoms with E-state index in [1.54, 1.807) is 13.2 Å². The summed E-state index contributed by atoms with van der Waals surface area (Å²) in [7, 11) is 3.40. The second-order valence-electron chi connectivity index (χ2n) is 4.26. The predicted octanol–water partition coefficient (Wildman–Crippen LogP) is 3.00. The van der Waals surface area contributed by atoms with Gasteiger partial charge in [0.15, 0.2) is 0 Å². The molecule has 4 heteroatoms. The van der Waals surface area contributed by atoms with E-state index < -0.39 is 0 Å². The maximum Gasteiger partial charge on any atom is 0.344 e. The standard InChI is InChI=1S/C15H13NO3/c1-16-9-3-5-12-11-6-4-10(18-2)8-13(11)15(17)19-14(12)7-9/h3-8,16H,1-2H3. The van der Waals surface area contributed by atoms with Gasteiger partial charge in [0.25, 0.3) is 0 Å². The molecule has 0 unspecified atom stereocenters. The molecule has 3 rings (SSSR count). The summed E-state index contributed by atoms with van der Waals surface area (Å²) in [4.78, 5) is 12.0. The van der Waals surface area contributed by atoms with Crippen LogP contribution in [0.5, 0.6) is 5.75 Å². The molecule has 1 heterocycles. The lowest BCUT2D eigenvalue weighted by Crippen LogP contribution is -2.00. The highest BCUT2D eigenvalue weighted by molar-refractivity contribution is 6.05. The highest BCUT2D eigenvalue weighted by Crippen LogP contribution is 2.27. The second kappa shape index (κ2) is 4.31. The van der Waals surface area contributed by atoms with Gasteiger partial charge in [-0.15, -0.1) is 0 Å². The van der Waals surface area contributed by atoms with Gasteiger partial charge in [-0.3, -0.25) is 0 Å². The van der Waals surface area contributed by atoms with Crippen LogP contribution in [0.2, 0.25) is 0 Å². The summed E-state index contributed by atoms with van der Waals surface area (Å²) in [5.74, 6) is 0.644. The molecule has 0 radical (unpaired) electrons.